The largest absolute Gasteiger partial charge is 0.478 e. The first-order chi connectivity index (χ1) is 8.32. The monoisotopic (exact) mass is 249 g/mol. The molecule has 0 fully saturated rings. The maximum absolute atomic E-state index is 11.2. The van der Waals surface area contributed by atoms with Crippen molar-refractivity contribution in [3.8, 4) is 0 Å². The van der Waals surface area contributed by atoms with Gasteiger partial charge in [0.2, 0.25) is 5.96 Å². The Bertz CT molecular complexity index is 545. The van der Waals surface area contributed by atoms with Crippen molar-refractivity contribution in [2.24, 2.45) is 27.2 Å². The summed E-state index contributed by atoms with van der Waals surface area (Å²) in [5.74, 6) is -1.50. The van der Waals surface area contributed by atoms with Crippen LogP contribution in [0.2, 0.25) is 0 Å². The van der Waals surface area contributed by atoms with Crippen molar-refractivity contribution in [3.05, 3.63) is 28.8 Å². The maximum Gasteiger partial charge on any atom is 0.338 e. The van der Waals surface area contributed by atoms with E-state index in [1.54, 1.807) is 26.0 Å². The second-order valence-electron chi connectivity index (χ2n) is 3.73. The molecule has 0 saturated heterocycles. The van der Waals surface area contributed by atoms with E-state index in [1.807, 2.05) is 0 Å². The molecule has 0 atom stereocenters. The van der Waals surface area contributed by atoms with E-state index in [9.17, 15) is 9.90 Å². The van der Waals surface area contributed by atoms with E-state index in [0.29, 0.717) is 11.1 Å². The number of hydrogen-bond acceptors (Lipinski definition) is 2. The van der Waals surface area contributed by atoms with Crippen molar-refractivity contribution >= 4 is 23.6 Å². The van der Waals surface area contributed by atoms with E-state index in [2.05, 4.69) is 9.98 Å². The van der Waals surface area contributed by atoms with Crippen molar-refractivity contribution < 1.29 is 9.90 Å². The van der Waals surface area contributed by atoms with Crippen LogP contribution < -0.4 is 17.2 Å². The second kappa shape index (κ2) is 5.17. The fourth-order valence-corrected chi connectivity index (χ4v) is 1.48. The van der Waals surface area contributed by atoms with E-state index in [-0.39, 0.29) is 23.2 Å². The van der Waals surface area contributed by atoms with Crippen LogP contribution in [-0.2, 0) is 0 Å². The number of benzene rings is 1. The first-order valence-electron chi connectivity index (χ1n) is 5.10. The molecule has 7 heteroatoms. The molecule has 0 aromatic heterocycles. The number of aryl methyl sites for hydroxylation is 2. The molecular weight excluding hydrogens is 234 g/mol. The van der Waals surface area contributed by atoms with Gasteiger partial charge in [0.05, 0.1) is 11.3 Å². The van der Waals surface area contributed by atoms with Gasteiger partial charge in [-0.25, -0.2) is 9.79 Å². The van der Waals surface area contributed by atoms with Crippen molar-refractivity contribution in [1.82, 2.24) is 0 Å². The number of hydrogen-bond donors (Lipinski definition) is 4. The summed E-state index contributed by atoms with van der Waals surface area (Å²) >= 11 is 0. The highest BCUT2D eigenvalue weighted by Crippen LogP contribution is 2.27. The molecule has 0 amide bonds. The molecule has 0 saturated carbocycles. The third-order valence-electron chi connectivity index (χ3n) is 2.27. The molecule has 7 N–H and O–H groups in total. The lowest BCUT2D eigenvalue weighted by Gasteiger charge is -2.08. The Morgan fingerprint density at radius 3 is 2.22 bits per heavy atom. The van der Waals surface area contributed by atoms with Crippen LogP contribution in [0.15, 0.2) is 22.1 Å². The Hall–Kier alpha value is -2.57. The molecule has 0 spiro atoms. The normalized spacial score (nSPS) is 11.1. The molecule has 0 unspecified atom stereocenters. The van der Waals surface area contributed by atoms with Gasteiger partial charge < -0.3 is 22.3 Å². The minimum atomic E-state index is -1.08. The summed E-state index contributed by atoms with van der Waals surface area (Å²) < 4.78 is 0. The van der Waals surface area contributed by atoms with Crippen LogP contribution in [0.1, 0.15) is 21.5 Å². The lowest BCUT2D eigenvalue weighted by atomic mass is 10.0. The number of carboxylic acid groups (broad SMARTS) is 1. The molecule has 1 aromatic carbocycles. The number of aliphatic imine (C=N–C) groups is 2. The topological polar surface area (TPSA) is 140 Å². The van der Waals surface area contributed by atoms with Crippen LogP contribution in [0.4, 0.5) is 5.69 Å². The minimum absolute atomic E-state index is 0.0868. The van der Waals surface area contributed by atoms with Crippen LogP contribution >= 0.6 is 0 Å². The number of carbonyl (C=O) groups is 1. The molecule has 0 heterocycles. The van der Waals surface area contributed by atoms with Gasteiger partial charge in [0.15, 0.2) is 5.96 Å². The number of rotatable bonds is 2. The molecule has 1 rings (SSSR count). The van der Waals surface area contributed by atoms with Crippen LogP contribution in [0.5, 0.6) is 0 Å². The Balaban J connectivity index is 3.45. The van der Waals surface area contributed by atoms with Crippen molar-refractivity contribution in [1.29, 1.82) is 0 Å². The zero-order valence-corrected chi connectivity index (χ0v) is 10.1. The Morgan fingerprint density at radius 2 is 1.72 bits per heavy atom. The van der Waals surface area contributed by atoms with E-state index < -0.39 is 5.97 Å². The van der Waals surface area contributed by atoms with Crippen molar-refractivity contribution in [2.45, 2.75) is 13.8 Å². The zero-order valence-electron chi connectivity index (χ0n) is 10.1. The van der Waals surface area contributed by atoms with Gasteiger partial charge in [-0.15, -0.1) is 0 Å². The Morgan fingerprint density at radius 1 is 1.17 bits per heavy atom. The lowest BCUT2D eigenvalue weighted by Crippen LogP contribution is -2.26. The molecule has 1 aromatic rings. The summed E-state index contributed by atoms with van der Waals surface area (Å²) in [5.41, 5.74) is 17.4. The number of aromatic carboxylic acids is 1. The first-order valence-corrected chi connectivity index (χ1v) is 5.10. The standard InChI is InChI=1S/C11H15N5O2/c1-5-3-4-6(2)8(7(5)9(17)18)15-11(14)16-10(12)13/h3-4H,1-2H3,(H,17,18)(H6,12,13,14,15,16). The summed E-state index contributed by atoms with van der Waals surface area (Å²) in [4.78, 5) is 18.7. The molecular formula is C11H15N5O2. The van der Waals surface area contributed by atoms with Crippen LogP contribution in [-0.4, -0.2) is 23.0 Å². The summed E-state index contributed by atoms with van der Waals surface area (Å²) in [6, 6.07) is 3.46. The third-order valence-corrected chi connectivity index (χ3v) is 2.27. The molecule has 0 aliphatic carbocycles. The molecule has 0 aliphatic heterocycles. The number of guanidine groups is 2. The molecule has 18 heavy (non-hydrogen) atoms. The minimum Gasteiger partial charge on any atom is -0.478 e. The number of nitrogens with zero attached hydrogens (tertiary/aromatic N) is 2. The van der Waals surface area contributed by atoms with Gasteiger partial charge in [-0.1, -0.05) is 12.1 Å². The van der Waals surface area contributed by atoms with E-state index in [0.717, 1.165) is 0 Å². The Labute approximate surface area is 104 Å². The van der Waals surface area contributed by atoms with E-state index in [4.69, 9.17) is 17.2 Å². The molecule has 0 aliphatic rings. The predicted octanol–water partition coefficient (Wildman–Crippen LogP) is 0.221. The SMILES string of the molecule is Cc1ccc(C)c(C(=O)O)c1N=C(N)N=C(N)N. The van der Waals surface area contributed by atoms with E-state index >= 15 is 0 Å². The first kappa shape index (κ1) is 13.5. The van der Waals surface area contributed by atoms with Gasteiger partial charge in [0.1, 0.15) is 0 Å². The molecule has 96 valence electrons. The van der Waals surface area contributed by atoms with Gasteiger partial charge in [-0.3, -0.25) is 0 Å². The average Bonchev–Trinajstić information content (AvgIpc) is 2.21. The molecule has 0 bridgehead atoms. The predicted molar refractivity (Wildman–Crippen MR) is 70.0 cm³/mol. The van der Waals surface area contributed by atoms with Gasteiger partial charge >= 0.3 is 5.97 Å². The fraction of sp³-hybridized carbons (Fsp3) is 0.182. The van der Waals surface area contributed by atoms with Crippen molar-refractivity contribution in [3.63, 3.8) is 0 Å². The van der Waals surface area contributed by atoms with Gasteiger partial charge in [0, 0.05) is 0 Å². The fourth-order valence-electron chi connectivity index (χ4n) is 1.48. The summed E-state index contributed by atoms with van der Waals surface area (Å²) in [5, 5.41) is 9.17. The summed E-state index contributed by atoms with van der Waals surface area (Å²) in [6.07, 6.45) is 0. The van der Waals surface area contributed by atoms with Crippen LogP contribution in [0.25, 0.3) is 0 Å². The quantitative estimate of drug-likeness (QED) is 0.438. The van der Waals surface area contributed by atoms with Crippen LogP contribution in [0, 0.1) is 13.8 Å². The summed E-state index contributed by atoms with van der Waals surface area (Å²) in [6.45, 7) is 3.41. The third kappa shape index (κ3) is 2.97. The summed E-state index contributed by atoms with van der Waals surface area (Å²) in [7, 11) is 0. The Kier molecular flexibility index (Phi) is 3.88. The van der Waals surface area contributed by atoms with Crippen LogP contribution in [0.3, 0.4) is 0 Å². The second-order valence-corrected chi connectivity index (χ2v) is 3.73. The highest BCUT2D eigenvalue weighted by molar-refractivity contribution is 5.99. The van der Waals surface area contributed by atoms with Gasteiger partial charge in [-0.2, -0.15) is 4.99 Å². The smallest absolute Gasteiger partial charge is 0.338 e. The molecule has 7 nitrogen and oxygen atoms in total. The average molecular weight is 249 g/mol. The van der Waals surface area contributed by atoms with Crippen molar-refractivity contribution in [2.75, 3.05) is 0 Å². The number of nitrogens with two attached hydrogens (primary N) is 3. The van der Waals surface area contributed by atoms with Gasteiger partial charge in [-0.05, 0) is 25.0 Å². The maximum atomic E-state index is 11.2. The highest BCUT2D eigenvalue weighted by atomic mass is 16.4. The van der Waals surface area contributed by atoms with Gasteiger partial charge in [0.25, 0.3) is 0 Å². The number of carboxylic acids is 1. The zero-order chi connectivity index (χ0) is 13.9. The lowest BCUT2D eigenvalue weighted by molar-refractivity contribution is 0.0697. The molecule has 0 radical (unpaired) electrons. The highest BCUT2D eigenvalue weighted by Gasteiger charge is 2.15. The van der Waals surface area contributed by atoms with E-state index in [1.165, 1.54) is 0 Å².